The van der Waals surface area contributed by atoms with Crippen LogP contribution >= 0.6 is 38.5 Å². The van der Waals surface area contributed by atoms with E-state index in [0.717, 1.165) is 0 Å². The van der Waals surface area contributed by atoms with Gasteiger partial charge in [0, 0.05) is 17.1 Å². The lowest BCUT2D eigenvalue weighted by atomic mass is 10.3. The maximum absolute atomic E-state index is 11.9. The van der Waals surface area contributed by atoms with E-state index in [1.807, 2.05) is 22.6 Å². The van der Waals surface area contributed by atoms with E-state index in [4.69, 9.17) is 0 Å². The Kier molecular flexibility index (Phi) is 3.99. The second-order valence-electron chi connectivity index (χ2n) is 2.26. The third-order valence-electron chi connectivity index (χ3n) is 1.32. The summed E-state index contributed by atoms with van der Waals surface area (Å²) in [4.78, 5) is 3.85. The van der Waals surface area contributed by atoms with Crippen LogP contribution in [0.5, 0.6) is 5.75 Å². The molecule has 2 nitrogen and oxygen atoms in total. The van der Waals surface area contributed by atoms with Crippen molar-refractivity contribution >= 4 is 38.5 Å². The lowest BCUT2D eigenvalue weighted by molar-refractivity contribution is -0.274. The second-order valence-corrected chi connectivity index (χ2v) is 3.84. The van der Waals surface area contributed by atoms with Gasteiger partial charge >= 0.3 is 6.36 Å². The molecular formula is C7H4BrF3INO. The normalized spacial score (nSPS) is 11.5. The van der Waals surface area contributed by atoms with Gasteiger partial charge in [-0.05, 0) is 28.7 Å². The van der Waals surface area contributed by atoms with Gasteiger partial charge in [-0.1, -0.05) is 15.9 Å². The minimum absolute atomic E-state index is 0.214. The molecule has 0 amide bonds. The van der Waals surface area contributed by atoms with Crippen molar-refractivity contribution in [3.8, 4) is 5.75 Å². The zero-order chi connectivity index (χ0) is 10.8. The highest BCUT2D eigenvalue weighted by Gasteiger charge is 2.32. The molecule has 0 bridgehead atoms. The predicted octanol–water partition coefficient (Wildman–Crippen LogP) is 3.48. The Morgan fingerprint density at radius 3 is 2.64 bits per heavy atom. The number of hydrogen-bond donors (Lipinski definition) is 0. The van der Waals surface area contributed by atoms with Crippen molar-refractivity contribution in [2.45, 2.75) is 11.7 Å². The molecule has 0 atom stereocenters. The van der Waals surface area contributed by atoms with Gasteiger partial charge in [0.1, 0.15) is 9.45 Å². The van der Waals surface area contributed by atoms with Crippen LogP contribution in [0.15, 0.2) is 12.3 Å². The topological polar surface area (TPSA) is 22.1 Å². The first-order valence-electron chi connectivity index (χ1n) is 3.39. The van der Waals surface area contributed by atoms with E-state index in [2.05, 4.69) is 25.7 Å². The van der Waals surface area contributed by atoms with Gasteiger partial charge in [0.05, 0.1) is 0 Å². The van der Waals surface area contributed by atoms with Crippen LogP contribution in [-0.2, 0) is 5.33 Å². The second kappa shape index (κ2) is 4.65. The van der Waals surface area contributed by atoms with Gasteiger partial charge in [-0.15, -0.1) is 13.2 Å². The number of ether oxygens (including phenoxy) is 1. The fraction of sp³-hybridized carbons (Fsp3) is 0.286. The molecule has 0 radical (unpaired) electrons. The molecule has 0 aliphatic heterocycles. The van der Waals surface area contributed by atoms with Crippen LogP contribution in [0.25, 0.3) is 0 Å². The number of pyridine rings is 1. The van der Waals surface area contributed by atoms with Crippen LogP contribution < -0.4 is 4.74 Å². The first kappa shape index (κ1) is 12.0. The molecule has 0 saturated heterocycles. The van der Waals surface area contributed by atoms with Gasteiger partial charge in [-0.25, -0.2) is 4.98 Å². The zero-order valence-corrected chi connectivity index (χ0v) is 10.4. The van der Waals surface area contributed by atoms with Gasteiger partial charge in [0.15, 0.2) is 0 Å². The van der Waals surface area contributed by atoms with Crippen LogP contribution in [0.4, 0.5) is 13.2 Å². The monoisotopic (exact) mass is 381 g/mol. The van der Waals surface area contributed by atoms with Gasteiger partial charge in [-0.3, -0.25) is 0 Å². The largest absolute Gasteiger partial charge is 0.573 e. The summed E-state index contributed by atoms with van der Waals surface area (Å²) in [5.41, 5.74) is 0.394. The molecule has 1 heterocycles. The van der Waals surface area contributed by atoms with Crippen molar-refractivity contribution in [2.75, 3.05) is 0 Å². The van der Waals surface area contributed by atoms with E-state index in [0.29, 0.717) is 9.26 Å². The molecule has 7 heteroatoms. The number of halogens is 5. The Morgan fingerprint density at radius 2 is 2.14 bits per heavy atom. The van der Waals surface area contributed by atoms with E-state index in [-0.39, 0.29) is 11.1 Å². The molecule has 0 fully saturated rings. The average molecular weight is 382 g/mol. The van der Waals surface area contributed by atoms with Crippen molar-refractivity contribution in [1.82, 2.24) is 4.98 Å². The van der Waals surface area contributed by atoms with Gasteiger partial charge < -0.3 is 4.74 Å². The molecule has 1 aromatic heterocycles. The Morgan fingerprint density at radius 1 is 1.50 bits per heavy atom. The SMILES string of the molecule is FC(F)(F)Oc1ccnc(I)c1CBr. The highest BCUT2D eigenvalue weighted by molar-refractivity contribution is 14.1. The first-order valence-corrected chi connectivity index (χ1v) is 5.59. The first-order chi connectivity index (χ1) is 6.44. The third kappa shape index (κ3) is 3.26. The van der Waals surface area contributed by atoms with Gasteiger partial charge in [-0.2, -0.15) is 0 Å². The van der Waals surface area contributed by atoms with E-state index in [1.54, 1.807) is 0 Å². The number of aromatic nitrogens is 1. The fourth-order valence-electron chi connectivity index (χ4n) is 0.792. The van der Waals surface area contributed by atoms with Crippen molar-refractivity contribution in [2.24, 2.45) is 0 Å². The van der Waals surface area contributed by atoms with Crippen LogP contribution in [0, 0.1) is 3.70 Å². The van der Waals surface area contributed by atoms with E-state index < -0.39 is 6.36 Å². The highest BCUT2D eigenvalue weighted by Crippen LogP contribution is 2.29. The van der Waals surface area contributed by atoms with Gasteiger partial charge in [0.25, 0.3) is 0 Å². The molecule has 0 unspecified atom stereocenters. The fourth-order valence-corrected chi connectivity index (χ4v) is 2.48. The summed E-state index contributed by atoms with van der Waals surface area (Å²) in [6.45, 7) is 0. The summed E-state index contributed by atoms with van der Waals surface area (Å²) < 4.78 is 40.1. The van der Waals surface area contributed by atoms with Crippen LogP contribution in [0.1, 0.15) is 5.56 Å². The molecule has 0 spiro atoms. The minimum Gasteiger partial charge on any atom is -0.405 e. The number of rotatable bonds is 2. The van der Waals surface area contributed by atoms with E-state index in [1.165, 1.54) is 12.3 Å². The van der Waals surface area contributed by atoms with Crippen molar-refractivity contribution < 1.29 is 17.9 Å². The Hall–Kier alpha value is -0.0500. The smallest absolute Gasteiger partial charge is 0.405 e. The number of hydrogen-bond acceptors (Lipinski definition) is 2. The number of alkyl halides is 4. The molecule has 1 aromatic rings. The molecule has 14 heavy (non-hydrogen) atoms. The summed E-state index contributed by atoms with van der Waals surface area (Å²) in [7, 11) is 0. The molecule has 0 N–H and O–H groups in total. The maximum Gasteiger partial charge on any atom is 0.573 e. The van der Waals surface area contributed by atoms with Gasteiger partial charge in [0.2, 0.25) is 0 Å². The standard InChI is InChI=1S/C7H4BrF3INO/c8-3-4-5(14-7(9,10)11)1-2-13-6(4)12/h1-2H,3H2. The summed E-state index contributed by atoms with van der Waals surface area (Å²) in [5.74, 6) is -0.214. The lowest BCUT2D eigenvalue weighted by Crippen LogP contribution is -2.18. The summed E-state index contributed by atoms with van der Waals surface area (Å²) in [6, 6.07) is 1.19. The summed E-state index contributed by atoms with van der Waals surface area (Å²) in [6.07, 6.45) is -3.39. The molecule has 78 valence electrons. The average Bonchev–Trinajstić information content (AvgIpc) is 2.01. The quantitative estimate of drug-likeness (QED) is 0.444. The Bertz CT molecular complexity index is 331. The van der Waals surface area contributed by atoms with Crippen LogP contribution in [-0.4, -0.2) is 11.3 Å². The molecule has 0 aliphatic rings. The third-order valence-corrected chi connectivity index (χ3v) is 2.81. The molecule has 0 saturated carbocycles. The van der Waals surface area contributed by atoms with Crippen LogP contribution in [0.3, 0.4) is 0 Å². The van der Waals surface area contributed by atoms with Crippen molar-refractivity contribution in [1.29, 1.82) is 0 Å². The zero-order valence-electron chi connectivity index (χ0n) is 6.61. The predicted molar refractivity (Wildman–Crippen MR) is 56.3 cm³/mol. The molecule has 1 rings (SSSR count). The minimum atomic E-state index is -4.67. The van der Waals surface area contributed by atoms with Crippen molar-refractivity contribution in [3.63, 3.8) is 0 Å². The van der Waals surface area contributed by atoms with E-state index in [9.17, 15) is 13.2 Å². The maximum atomic E-state index is 11.9. The Labute approximate surface area is 100 Å². The van der Waals surface area contributed by atoms with E-state index >= 15 is 0 Å². The number of nitrogens with zero attached hydrogens (tertiary/aromatic N) is 1. The van der Waals surface area contributed by atoms with Crippen molar-refractivity contribution in [3.05, 3.63) is 21.5 Å². The Balaban J connectivity index is 3.02. The molecule has 0 aromatic carbocycles. The highest BCUT2D eigenvalue weighted by atomic mass is 127. The van der Waals surface area contributed by atoms with Crippen LogP contribution in [0.2, 0.25) is 0 Å². The summed E-state index contributed by atoms with van der Waals surface area (Å²) >= 11 is 4.92. The lowest BCUT2D eigenvalue weighted by Gasteiger charge is -2.12. The summed E-state index contributed by atoms with van der Waals surface area (Å²) in [5, 5.41) is 0.268. The molecular weight excluding hydrogens is 378 g/mol. The molecule has 0 aliphatic carbocycles.